The smallest absolute Gasteiger partial charge is 0.0559 e. The van der Waals surface area contributed by atoms with Crippen molar-refractivity contribution in [2.75, 3.05) is 12.4 Å². The molecule has 0 unspecified atom stereocenters. The Balaban J connectivity index is 3.02. The van der Waals surface area contributed by atoms with E-state index in [1.807, 2.05) is 19.4 Å². The molecule has 0 radical (unpaired) electrons. The van der Waals surface area contributed by atoms with Gasteiger partial charge < -0.3 is 5.32 Å². The Morgan fingerprint density at radius 3 is 2.64 bits per heavy atom. The number of pyridine rings is 1. The molecule has 0 bridgehead atoms. The van der Waals surface area contributed by atoms with Crippen LogP contribution in [0.2, 0.25) is 0 Å². The van der Waals surface area contributed by atoms with E-state index < -0.39 is 0 Å². The normalized spacial score (nSPS) is 10.2. The average Bonchev–Trinajstić information content (AvgIpc) is 2.04. The van der Waals surface area contributed by atoms with Crippen LogP contribution < -0.4 is 5.32 Å². The minimum absolute atomic E-state index is 0.556. The Hall–Kier alpha value is -1.05. The maximum atomic E-state index is 4.04. The van der Waals surface area contributed by atoms with Gasteiger partial charge in [0.05, 0.1) is 11.9 Å². The Labute approximate surface area is 67.7 Å². The Morgan fingerprint density at radius 2 is 2.18 bits per heavy atom. The average molecular weight is 150 g/mol. The van der Waals surface area contributed by atoms with Crippen molar-refractivity contribution in [1.29, 1.82) is 0 Å². The summed E-state index contributed by atoms with van der Waals surface area (Å²) in [5.74, 6) is 0.556. The predicted molar refractivity (Wildman–Crippen MR) is 47.9 cm³/mol. The molecular formula is C9H14N2. The molecule has 1 heterocycles. The zero-order valence-corrected chi connectivity index (χ0v) is 7.26. The summed E-state index contributed by atoms with van der Waals surface area (Å²) in [6, 6.07) is 2.05. The van der Waals surface area contributed by atoms with Crippen LogP contribution in [0.15, 0.2) is 18.5 Å². The van der Waals surface area contributed by atoms with Gasteiger partial charge in [0.15, 0.2) is 0 Å². The van der Waals surface area contributed by atoms with Crippen molar-refractivity contribution in [2.45, 2.75) is 19.8 Å². The van der Waals surface area contributed by atoms with Gasteiger partial charge in [-0.3, -0.25) is 4.98 Å². The molecule has 11 heavy (non-hydrogen) atoms. The number of nitrogens with one attached hydrogen (secondary N) is 1. The van der Waals surface area contributed by atoms with Crippen LogP contribution in [0.1, 0.15) is 25.3 Å². The van der Waals surface area contributed by atoms with E-state index in [2.05, 4.69) is 30.2 Å². The van der Waals surface area contributed by atoms with E-state index in [9.17, 15) is 0 Å². The Kier molecular flexibility index (Phi) is 2.47. The lowest BCUT2D eigenvalue weighted by molar-refractivity contribution is 0.865. The topological polar surface area (TPSA) is 24.9 Å². The van der Waals surface area contributed by atoms with Gasteiger partial charge in [0.1, 0.15) is 0 Å². The maximum Gasteiger partial charge on any atom is 0.0559 e. The highest BCUT2D eigenvalue weighted by molar-refractivity contribution is 5.49. The fraction of sp³-hybridized carbons (Fsp3) is 0.444. The van der Waals surface area contributed by atoms with E-state index in [1.165, 1.54) is 5.56 Å². The number of aromatic nitrogens is 1. The molecule has 0 aliphatic rings. The first-order valence-electron chi connectivity index (χ1n) is 3.87. The van der Waals surface area contributed by atoms with Crippen molar-refractivity contribution in [1.82, 2.24) is 4.98 Å². The van der Waals surface area contributed by atoms with Gasteiger partial charge in [-0.05, 0) is 17.5 Å². The lowest BCUT2D eigenvalue weighted by atomic mass is 10.0. The van der Waals surface area contributed by atoms with Crippen molar-refractivity contribution in [3.05, 3.63) is 24.0 Å². The third-order valence-corrected chi connectivity index (χ3v) is 1.75. The third kappa shape index (κ3) is 1.70. The molecule has 1 aromatic rings. The van der Waals surface area contributed by atoms with Crippen LogP contribution in [0.4, 0.5) is 5.69 Å². The number of hydrogen-bond donors (Lipinski definition) is 1. The molecule has 0 spiro atoms. The number of rotatable bonds is 2. The molecule has 1 aromatic heterocycles. The first-order chi connectivity index (χ1) is 5.25. The molecule has 60 valence electrons. The first kappa shape index (κ1) is 8.05. The van der Waals surface area contributed by atoms with E-state index >= 15 is 0 Å². The van der Waals surface area contributed by atoms with E-state index in [0.717, 1.165) is 5.69 Å². The fourth-order valence-corrected chi connectivity index (χ4v) is 1.12. The van der Waals surface area contributed by atoms with Crippen LogP contribution in [-0.2, 0) is 0 Å². The van der Waals surface area contributed by atoms with Gasteiger partial charge in [0, 0.05) is 13.2 Å². The highest BCUT2D eigenvalue weighted by atomic mass is 14.8. The van der Waals surface area contributed by atoms with E-state index in [4.69, 9.17) is 0 Å². The van der Waals surface area contributed by atoms with E-state index in [1.54, 1.807) is 0 Å². The minimum atomic E-state index is 0.556. The predicted octanol–water partition coefficient (Wildman–Crippen LogP) is 2.25. The molecule has 1 N–H and O–H groups in total. The molecule has 0 aliphatic carbocycles. The monoisotopic (exact) mass is 150 g/mol. The molecule has 0 fully saturated rings. The largest absolute Gasteiger partial charge is 0.387 e. The van der Waals surface area contributed by atoms with Crippen molar-refractivity contribution >= 4 is 5.69 Å². The van der Waals surface area contributed by atoms with Crippen LogP contribution in [0, 0.1) is 0 Å². The summed E-state index contributed by atoms with van der Waals surface area (Å²) >= 11 is 0. The molecule has 0 aliphatic heterocycles. The van der Waals surface area contributed by atoms with Gasteiger partial charge in [-0.2, -0.15) is 0 Å². The maximum absolute atomic E-state index is 4.04. The summed E-state index contributed by atoms with van der Waals surface area (Å²) in [5.41, 5.74) is 2.45. The molecule has 0 atom stereocenters. The third-order valence-electron chi connectivity index (χ3n) is 1.75. The van der Waals surface area contributed by atoms with Crippen LogP contribution >= 0.6 is 0 Å². The van der Waals surface area contributed by atoms with E-state index in [-0.39, 0.29) is 0 Å². The lowest BCUT2D eigenvalue weighted by Crippen LogP contribution is -1.97. The van der Waals surface area contributed by atoms with Crippen LogP contribution in [0.25, 0.3) is 0 Å². The van der Waals surface area contributed by atoms with Gasteiger partial charge >= 0.3 is 0 Å². The highest BCUT2D eigenvalue weighted by Crippen LogP contribution is 2.21. The van der Waals surface area contributed by atoms with Crippen LogP contribution in [0.3, 0.4) is 0 Å². The van der Waals surface area contributed by atoms with Gasteiger partial charge in [0.25, 0.3) is 0 Å². The zero-order chi connectivity index (χ0) is 8.27. The molecular weight excluding hydrogens is 136 g/mol. The van der Waals surface area contributed by atoms with Crippen molar-refractivity contribution in [3.8, 4) is 0 Å². The zero-order valence-electron chi connectivity index (χ0n) is 7.26. The van der Waals surface area contributed by atoms with Crippen LogP contribution in [-0.4, -0.2) is 12.0 Å². The van der Waals surface area contributed by atoms with Gasteiger partial charge in [0.2, 0.25) is 0 Å². The Morgan fingerprint density at radius 1 is 1.45 bits per heavy atom. The van der Waals surface area contributed by atoms with Crippen LogP contribution in [0.5, 0.6) is 0 Å². The quantitative estimate of drug-likeness (QED) is 0.699. The molecule has 2 heteroatoms. The molecule has 2 nitrogen and oxygen atoms in total. The molecule has 0 amide bonds. The molecule has 1 rings (SSSR count). The van der Waals surface area contributed by atoms with Crippen molar-refractivity contribution in [3.63, 3.8) is 0 Å². The second-order valence-electron chi connectivity index (χ2n) is 2.87. The summed E-state index contributed by atoms with van der Waals surface area (Å²) in [7, 11) is 1.92. The number of anilines is 1. The summed E-state index contributed by atoms with van der Waals surface area (Å²) < 4.78 is 0. The van der Waals surface area contributed by atoms with E-state index in [0.29, 0.717) is 5.92 Å². The number of hydrogen-bond acceptors (Lipinski definition) is 2. The lowest BCUT2D eigenvalue weighted by Gasteiger charge is -2.10. The minimum Gasteiger partial charge on any atom is -0.387 e. The molecule has 0 saturated heterocycles. The van der Waals surface area contributed by atoms with Crippen molar-refractivity contribution < 1.29 is 0 Å². The second kappa shape index (κ2) is 3.37. The fourth-order valence-electron chi connectivity index (χ4n) is 1.12. The second-order valence-corrected chi connectivity index (χ2v) is 2.87. The standard InChI is InChI=1S/C9H14N2/c1-7(2)8-4-5-11-6-9(8)10-3/h4-7,10H,1-3H3. The van der Waals surface area contributed by atoms with Gasteiger partial charge in [-0.15, -0.1) is 0 Å². The first-order valence-corrected chi connectivity index (χ1v) is 3.87. The summed E-state index contributed by atoms with van der Waals surface area (Å²) in [6.07, 6.45) is 3.69. The summed E-state index contributed by atoms with van der Waals surface area (Å²) in [6.45, 7) is 4.35. The number of nitrogens with zero attached hydrogens (tertiary/aromatic N) is 1. The van der Waals surface area contributed by atoms with Crippen molar-refractivity contribution in [2.24, 2.45) is 0 Å². The Bertz CT molecular complexity index is 231. The molecule has 0 aromatic carbocycles. The SMILES string of the molecule is CNc1cnccc1C(C)C. The molecule has 0 saturated carbocycles. The summed E-state index contributed by atoms with van der Waals surface area (Å²) in [5, 5.41) is 3.11. The highest BCUT2D eigenvalue weighted by Gasteiger charge is 2.02. The summed E-state index contributed by atoms with van der Waals surface area (Å²) in [4.78, 5) is 4.04. The van der Waals surface area contributed by atoms with Gasteiger partial charge in [-0.1, -0.05) is 13.8 Å². The van der Waals surface area contributed by atoms with Gasteiger partial charge in [-0.25, -0.2) is 0 Å².